The smallest absolute Gasteiger partial charge is 0.410 e. The lowest BCUT2D eigenvalue weighted by molar-refractivity contribution is 0.0955. The van der Waals surface area contributed by atoms with Gasteiger partial charge in [0.25, 0.3) is 10.1 Å². The van der Waals surface area contributed by atoms with Crippen LogP contribution in [0.3, 0.4) is 0 Å². The van der Waals surface area contributed by atoms with Crippen LogP contribution in [0.15, 0.2) is 103 Å². The third kappa shape index (κ3) is 6.49. The highest BCUT2D eigenvalue weighted by Gasteiger charge is 2.28. The molecule has 1 aliphatic rings. The molecule has 4 aromatic rings. The Bertz CT molecular complexity index is 1490. The van der Waals surface area contributed by atoms with Gasteiger partial charge in [-0.05, 0) is 45.4 Å². The zero-order chi connectivity index (χ0) is 26.4. The Morgan fingerprint density at radius 2 is 1.39 bits per heavy atom. The highest BCUT2D eigenvalue weighted by molar-refractivity contribution is 7.85. The maximum Gasteiger partial charge on any atom is 0.410 e. The summed E-state index contributed by atoms with van der Waals surface area (Å²) < 4.78 is 35.8. The molecule has 0 atom stereocenters. The van der Waals surface area contributed by atoms with Crippen LogP contribution in [-0.2, 0) is 50.9 Å². The van der Waals surface area contributed by atoms with Gasteiger partial charge in [0.05, 0.1) is 13.2 Å². The zero-order valence-corrected chi connectivity index (χ0v) is 21.8. The standard InChI is InChI=1S/C31H29NO5S/c33-31(36-22-24-10-4-1-5-11-24)32-20-28-18-26(19-29(30(28)21-32)27-14-8-3-9-15-27)16-17-37-38(34,35)23-25-12-6-2-7-13-25/h1-15,18-19H,16-17,20-23H2. The van der Waals surface area contributed by atoms with E-state index in [0.29, 0.717) is 25.1 Å². The first-order valence-corrected chi connectivity index (χ1v) is 14.1. The molecule has 0 radical (unpaired) electrons. The van der Waals surface area contributed by atoms with Crippen molar-refractivity contribution in [3.63, 3.8) is 0 Å². The summed E-state index contributed by atoms with van der Waals surface area (Å²) in [6.07, 6.45) is 0.0699. The molecular formula is C31H29NO5S. The Morgan fingerprint density at radius 3 is 2.08 bits per heavy atom. The Balaban J connectivity index is 1.29. The second-order valence-electron chi connectivity index (χ2n) is 9.30. The van der Waals surface area contributed by atoms with Crippen LogP contribution in [0.1, 0.15) is 27.8 Å². The molecule has 38 heavy (non-hydrogen) atoms. The van der Waals surface area contributed by atoms with Crippen LogP contribution in [0.2, 0.25) is 0 Å². The van der Waals surface area contributed by atoms with E-state index in [0.717, 1.165) is 33.4 Å². The molecule has 0 bridgehead atoms. The first-order valence-electron chi connectivity index (χ1n) is 12.5. The van der Waals surface area contributed by atoms with Gasteiger partial charge >= 0.3 is 6.09 Å². The molecule has 0 aliphatic carbocycles. The highest BCUT2D eigenvalue weighted by Crippen LogP contribution is 2.34. The molecule has 1 aliphatic heterocycles. The molecule has 7 heteroatoms. The maximum absolute atomic E-state index is 12.9. The molecule has 0 fully saturated rings. The molecular weight excluding hydrogens is 498 g/mol. The van der Waals surface area contributed by atoms with Crippen LogP contribution in [0, 0.1) is 0 Å². The van der Waals surface area contributed by atoms with Crippen molar-refractivity contribution in [2.24, 2.45) is 0 Å². The van der Waals surface area contributed by atoms with Gasteiger partial charge < -0.3 is 4.74 Å². The predicted molar refractivity (Wildman–Crippen MR) is 146 cm³/mol. The van der Waals surface area contributed by atoms with Crippen LogP contribution >= 0.6 is 0 Å². The van der Waals surface area contributed by atoms with Gasteiger partial charge in [-0.3, -0.25) is 9.08 Å². The molecule has 0 spiro atoms. The van der Waals surface area contributed by atoms with Crippen molar-refractivity contribution in [3.05, 3.63) is 131 Å². The summed E-state index contributed by atoms with van der Waals surface area (Å²) in [5.74, 6) is -0.159. The molecule has 6 nitrogen and oxygen atoms in total. The van der Waals surface area contributed by atoms with Crippen LogP contribution < -0.4 is 0 Å². The van der Waals surface area contributed by atoms with Crippen LogP contribution in [0.25, 0.3) is 11.1 Å². The van der Waals surface area contributed by atoms with Crippen molar-refractivity contribution in [1.29, 1.82) is 0 Å². The minimum Gasteiger partial charge on any atom is -0.445 e. The van der Waals surface area contributed by atoms with Gasteiger partial charge in [-0.2, -0.15) is 8.42 Å². The largest absolute Gasteiger partial charge is 0.445 e. The van der Waals surface area contributed by atoms with E-state index in [2.05, 4.69) is 6.07 Å². The fraction of sp³-hybridized carbons (Fsp3) is 0.194. The van der Waals surface area contributed by atoms with Crippen LogP contribution in [0.4, 0.5) is 4.79 Å². The number of fused-ring (bicyclic) bond motifs is 1. The van der Waals surface area contributed by atoms with Crippen molar-refractivity contribution < 1.29 is 22.1 Å². The number of rotatable bonds is 9. The Hall–Kier alpha value is -3.94. The van der Waals surface area contributed by atoms with Gasteiger partial charge in [-0.15, -0.1) is 0 Å². The van der Waals surface area contributed by atoms with Gasteiger partial charge in [0.15, 0.2) is 0 Å². The summed E-state index contributed by atoms with van der Waals surface area (Å²) in [7, 11) is -3.70. The molecule has 194 valence electrons. The maximum atomic E-state index is 12.9. The van der Waals surface area contributed by atoms with Crippen LogP contribution in [0.5, 0.6) is 0 Å². The third-order valence-corrected chi connectivity index (χ3v) is 7.71. The van der Waals surface area contributed by atoms with Crippen LogP contribution in [-0.4, -0.2) is 26.0 Å². The number of hydrogen-bond donors (Lipinski definition) is 0. The number of amides is 1. The number of carbonyl (C=O) groups is 1. The summed E-state index contributed by atoms with van der Waals surface area (Å²) in [5, 5.41) is 0. The van der Waals surface area contributed by atoms with Gasteiger partial charge in [-0.25, -0.2) is 4.79 Å². The van der Waals surface area contributed by atoms with E-state index in [9.17, 15) is 13.2 Å². The van der Waals surface area contributed by atoms with E-state index in [4.69, 9.17) is 8.92 Å². The van der Waals surface area contributed by atoms with Gasteiger partial charge in [0, 0.05) is 6.54 Å². The average molecular weight is 528 g/mol. The summed E-state index contributed by atoms with van der Waals surface area (Å²) in [6, 6.07) is 32.7. The van der Waals surface area contributed by atoms with Crippen molar-refractivity contribution in [3.8, 4) is 11.1 Å². The SMILES string of the molecule is O=C(OCc1ccccc1)N1Cc2cc(CCOS(=O)(=O)Cc3ccccc3)cc(-c3ccccc3)c2C1. The van der Waals surface area contributed by atoms with Crippen molar-refractivity contribution >= 4 is 16.2 Å². The zero-order valence-electron chi connectivity index (χ0n) is 21.0. The minimum atomic E-state index is -3.70. The molecule has 4 aromatic carbocycles. The highest BCUT2D eigenvalue weighted by atomic mass is 32.2. The van der Waals surface area contributed by atoms with Crippen molar-refractivity contribution in [2.75, 3.05) is 6.61 Å². The summed E-state index contributed by atoms with van der Waals surface area (Å²) in [4.78, 5) is 14.6. The molecule has 0 aromatic heterocycles. The monoisotopic (exact) mass is 527 g/mol. The predicted octanol–water partition coefficient (Wildman–Crippen LogP) is 6.10. The summed E-state index contributed by atoms with van der Waals surface area (Å²) in [5.41, 5.74) is 6.77. The normalized spacial score (nSPS) is 12.8. The van der Waals surface area contributed by atoms with E-state index in [1.165, 1.54) is 0 Å². The number of hydrogen-bond acceptors (Lipinski definition) is 5. The van der Waals surface area contributed by atoms with E-state index in [1.54, 1.807) is 29.2 Å². The fourth-order valence-electron chi connectivity index (χ4n) is 4.64. The molecule has 0 saturated heterocycles. The Kier molecular flexibility index (Phi) is 7.86. The van der Waals surface area contributed by atoms with Gasteiger partial charge in [-0.1, -0.05) is 103 Å². The molecule has 0 saturated carbocycles. The van der Waals surface area contributed by atoms with Gasteiger partial charge in [0.1, 0.15) is 12.4 Å². The molecule has 0 N–H and O–H groups in total. The summed E-state index contributed by atoms with van der Waals surface area (Å²) >= 11 is 0. The average Bonchev–Trinajstić information content (AvgIpc) is 3.37. The van der Waals surface area contributed by atoms with Crippen molar-refractivity contribution in [2.45, 2.75) is 31.9 Å². The number of benzene rings is 4. The first-order chi connectivity index (χ1) is 18.5. The lowest BCUT2D eigenvalue weighted by atomic mass is 9.93. The van der Waals surface area contributed by atoms with Gasteiger partial charge in [0.2, 0.25) is 0 Å². The second-order valence-corrected chi connectivity index (χ2v) is 10.9. The third-order valence-electron chi connectivity index (χ3n) is 6.50. The lowest BCUT2D eigenvalue weighted by Crippen LogP contribution is -2.26. The van der Waals surface area contributed by atoms with E-state index >= 15 is 0 Å². The second kappa shape index (κ2) is 11.6. The molecule has 0 unspecified atom stereocenters. The number of nitrogens with zero attached hydrogens (tertiary/aromatic N) is 1. The Labute approximate surface area is 223 Å². The topological polar surface area (TPSA) is 72.9 Å². The fourth-order valence-corrected chi connectivity index (χ4v) is 5.67. The lowest BCUT2D eigenvalue weighted by Gasteiger charge is -2.15. The minimum absolute atomic E-state index is 0.0466. The molecule has 1 heterocycles. The summed E-state index contributed by atoms with van der Waals surface area (Å²) in [6.45, 7) is 1.16. The number of ether oxygens (including phenoxy) is 1. The quantitative estimate of drug-likeness (QED) is 0.246. The molecule has 1 amide bonds. The number of carbonyl (C=O) groups excluding carboxylic acids is 1. The van der Waals surface area contributed by atoms with Crippen molar-refractivity contribution in [1.82, 2.24) is 4.90 Å². The Morgan fingerprint density at radius 1 is 0.763 bits per heavy atom. The van der Waals surface area contributed by atoms with E-state index in [-0.39, 0.29) is 25.1 Å². The van der Waals surface area contributed by atoms with E-state index < -0.39 is 10.1 Å². The first kappa shape index (κ1) is 25.7. The van der Waals surface area contributed by atoms with E-state index in [1.807, 2.05) is 72.8 Å². The molecule has 5 rings (SSSR count).